The molecule has 1 aromatic heterocycles. The van der Waals surface area contributed by atoms with Gasteiger partial charge in [-0.3, -0.25) is 4.68 Å². The Balaban J connectivity index is 2.90. The van der Waals surface area contributed by atoms with Crippen molar-refractivity contribution < 1.29 is 8.42 Å². The maximum Gasteiger partial charge on any atom is 0.150 e. The Hall–Kier alpha value is -0.550. The largest absolute Gasteiger partial charge is 0.269 e. The van der Waals surface area contributed by atoms with Crippen LogP contribution in [-0.2, 0) is 29.2 Å². The highest BCUT2D eigenvalue weighted by Gasteiger charge is 2.19. The number of aryl methyl sites for hydroxylation is 2. The number of hydrogen-bond acceptors (Lipinski definition) is 3. The Morgan fingerprint density at radius 1 is 1.25 bits per heavy atom. The summed E-state index contributed by atoms with van der Waals surface area (Å²) in [5.74, 6) is 0.427. The van der Waals surface area contributed by atoms with Gasteiger partial charge in [0.25, 0.3) is 0 Å². The van der Waals surface area contributed by atoms with Crippen molar-refractivity contribution in [1.82, 2.24) is 9.78 Å². The van der Waals surface area contributed by atoms with Crippen molar-refractivity contribution in [1.29, 1.82) is 0 Å². The van der Waals surface area contributed by atoms with Crippen molar-refractivity contribution in [2.75, 3.05) is 11.5 Å². The molecule has 0 spiro atoms. The van der Waals surface area contributed by atoms with E-state index in [0.29, 0.717) is 13.0 Å². The van der Waals surface area contributed by atoms with E-state index in [1.165, 1.54) is 0 Å². The zero-order valence-electron chi connectivity index (χ0n) is 12.8. The number of hydrogen-bond donors (Lipinski definition) is 0. The molecule has 6 heteroatoms. The van der Waals surface area contributed by atoms with Gasteiger partial charge in [-0.2, -0.15) is 5.10 Å². The third kappa shape index (κ3) is 4.22. The molecular weight excluding hydrogens is 296 g/mol. The molecular formula is C14H25ClN2O2S. The molecule has 1 atom stereocenters. The summed E-state index contributed by atoms with van der Waals surface area (Å²) in [5, 5.41) is 4.54. The van der Waals surface area contributed by atoms with Crippen LogP contribution in [0.15, 0.2) is 0 Å². The van der Waals surface area contributed by atoms with E-state index in [1.807, 2.05) is 11.6 Å². The molecule has 116 valence electrons. The summed E-state index contributed by atoms with van der Waals surface area (Å²) in [6.45, 7) is 8.43. The van der Waals surface area contributed by atoms with Crippen molar-refractivity contribution in [2.45, 2.75) is 58.9 Å². The van der Waals surface area contributed by atoms with E-state index in [1.54, 1.807) is 6.92 Å². The van der Waals surface area contributed by atoms with Crippen LogP contribution in [0.2, 0.25) is 0 Å². The first-order valence-corrected chi connectivity index (χ1v) is 9.54. The average molecular weight is 321 g/mol. The number of alkyl halides is 1. The lowest BCUT2D eigenvalue weighted by Crippen LogP contribution is -2.13. The van der Waals surface area contributed by atoms with Gasteiger partial charge in [0.1, 0.15) is 9.84 Å². The van der Waals surface area contributed by atoms with Crippen LogP contribution in [0.1, 0.15) is 56.4 Å². The number of nitrogens with zero attached hydrogens (tertiary/aromatic N) is 2. The van der Waals surface area contributed by atoms with E-state index < -0.39 is 9.84 Å². The van der Waals surface area contributed by atoms with Crippen molar-refractivity contribution >= 4 is 21.4 Å². The molecule has 0 bridgehead atoms. The van der Waals surface area contributed by atoms with Crippen LogP contribution in [0.5, 0.6) is 0 Å². The van der Waals surface area contributed by atoms with Crippen LogP contribution in [0.4, 0.5) is 0 Å². The lowest BCUT2D eigenvalue weighted by Gasteiger charge is -2.09. The summed E-state index contributed by atoms with van der Waals surface area (Å²) in [5.41, 5.74) is 3.29. The third-order valence-electron chi connectivity index (χ3n) is 3.51. The first-order chi connectivity index (χ1) is 9.36. The Bertz CT molecular complexity index is 536. The number of rotatable bonds is 8. The summed E-state index contributed by atoms with van der Waals surface area (Å²) < 4.78 is 25.0. The van der Waals surface area contributed by atoms with Crippen LogP contribution in [-0.4, -0.2) is 29.7 Å². The van der Waals surface area contributed by atoms with Crippen LogP contribution in [0, 0.1) is 0 Å². The first-order valence-electron chi connectivity index (χ1n) is 7.29. The number of halogens is 1. The van der Waals surface area contributed by atoms with Crippen molar-refractivity contribution in [3.8, 4) is 0 Å². The molecule has 1 heterocycles. The van der Waals surface area contributed by atoms with E-state index in [4.69, 9.17) is 11.6 Å². The van der Waals surface area contributed by atoms with Gasteiger partial charge in [0.2, 0.25) is 0 Å². The highest BCUT2D eigenvalue weighted by Crippen LogP contribution is 2.28. The van der Waals surface area contributed by atoms with Crippen molar-refractivity contribution in [2.24, 2.45) is 0 Å². The summed E-state index contributed by atoms with van der Waals surface area (Å²) in [6, 6.07) is 0. The molecule has 0 aliphatic rings. The highest BCUT2D eigenvalue weighted by molar-refractivity contribution is 7.91. The Labute approximate surface area is 127 Å². The minimum atomic E-state index is -2.90. The van der Waals surface area contributed by atoms with E-state index >= 15 is 0 Å². The summed E-state index contributed by atoms with van der Waals surface area (Å²) in [4.78, 5) is 0. The van der Waals surface area contributed by atoms with Gasteiger partial charge in [0.05, 0.1) is 16.8 Å². The lowest BCUT2D eigenvalue weighted by atomic mass is 10.1. The van der Waals surface area contributed by atoms with Gasteiger partial charge in [-0.05, 0) is 26.2 Å². The predicted molar refractivity (Wildman–Crippen MR) is 84.2 cm³/mol. The Morgan fingerprint density at radius 3 is 2.35 bits per heavy atom. The zero-order valence-corrected chi connectivity index (χ0v) is 14.4. The van der Waals surface area contributed by atoms with E-state index in [-0.39, 0.29) is 16.9 Å². The molecule has 0 aromatic carbocycles. The molecule has 0 aliphatic carbocycles. The van der Waals surface area contributed by atoms with Gasteiger partial charge in [-0.15, -0.1) is 11.6 Å². The van der Waals surface area contributed by atoms with Gasteiger partial charge in [-0.25, -0.2) is 8.42 Å². The molecule has 20 heavy (non-hydrogen) atoms. The second-order valence-electron chi connectivity index (χ2n) is 4.94. The fourth-order valence-corrected chi connectivity index (χ4v) is 3.53. The quantitative estimate of drug-likeness (QED) is 0.691. The zero-order chi connectivity index (χ0) is 15.3. The second kappa shape index (κ2) is 7.46. The summed E-state index contributed by atoms with van der Waals surface area (Å²) in [6.07, 6.45) is 2.31. The normalized spacial score (nSPS) is 13.7. The minimum Gasteiger partial charge on any atom is -0.269 e. The molecule has 0 radical (unpaired) electrons. The molecule has 1 rings (SSSR count). The number of sulfone groups is 1. The van der Waals surface area contributed by atoms with Crippen LogP contribution < -0.4 is 0 Å². The Morgan fingerprint density at radius 2 is 1.90 bits per heavy atom. The minimum absolute atomic E-state index is 0.0620. The number of aromatic nitrogens is 2. The maximum atomic E-state index is 11.5. The van der Waals surface area contributed by atoms with Crippen LogP contribution in [0.3, 0.4) is 0 Å². The molecule has 1 unspecified atom stereocenters. The van der Waals surface area contributed by atoms with Crippen molar-refractivity contribution in [3.05, 3.63) is 17.0 Å². The SMILES string of the molecule is CCc1nn(CCCS(=O)(=O)CC)c(CC)c1C(C)Cl. The molecule has 0 saturated heterocycles. The molecule has 0 N–H and O–H groups in total. The molecule has 4 nitrogen and oxygen atoms in total. The fraction of sp³-hybridized carbons (Fsp3) is 0.786. The fourth-order valence-electron chi connectivity index (χ4n) is 2.42. The van der Waals surface area contributed by atoms with E-state index in [9.17, 15) is 8.42 Å². The predicted octanol–water partition coefficient (Wildman–Crippen LogP) is 3.13. The third-order valence-corrected chi connectivity index (χ3v) is 5.52. The standard InChI is InChI=1S/C14H25ClN2O2S/c1-5-12-14(11(4)15)13(6-2)17(16-12)9-8-10-20(18,19)7-3/h11H,5-10H2,1-4H3. The lowest BCUT2D eigenvalue weighted by molar-refractivity contribution is 0.557. The van der Waals surface area contributed by atoms with Gasteiger partial charge < -0.3 is 0 Å². The van der Waals surface area contributed by atoms with Crippen molar-refractivity contribution in [3.63, 3.8) is 0 Å². The Kier molecular flexibility index (Phi) is 6.52. The smallest absolute Gasteiger partial charge is 0.150 e. The monoisotopic (exact) mass is 320 g/mol. The van der Waals surface area contributed by atoms with Crippen LogP contribution in [0.25, 0.3) is 0 Å². The first kappa shape index (κ1) is 17.5. The molecule has 0 fully saturated rings. The van der Waals surface area contributed by atoms with Gasteiger partial charge in [-0.1, -0.05) is 20.8 Å². The van der Waals surface area contributed by atoms with E-state index in [2.05, 4.69) is 18.9 Å². The highest BCUT2D eigenvalue weighted by atomic mass is 35.5. The molecule has 0 amide bonds. The molecule has 0 aliphatic heterocycles. The maximum absolute atomic E-state index is 11.5. The second-order valence-corrected chi connectivity index (χ2v) is 8.07. The van der Waals surface area contributed by atoms with Gasteiger partial charge in [0, 0.05) is 23.6 Å². The molecule has 0 saturated carbocycles. The van der Waals surface area contributed by atoms with Crippen LogP contribution >= 0.6 is 11.6 Å². The van der Waals surface area contributed by atoms with E-state index in [0.717, 1.165) is 29.8 Å². The topological polar surface area (TPSA) is 52.0 Å². The van der Waals surface area contributed by atoms with Gasteiger partial charge >= 0.3 is 0 Å². The summed E-state index contributed by atoms with van der Waals surface area (Å²) >= 11 is 6.26. The summed E-state index contributed by atoms with van der Waals surface area (Å²) in [7, 11) is -2.90. The molecule has 1 aromatic rings. The average Bonchev–Trinajstić information content (AvgIpc) is 2.76. The van der Waals surface area contributed by atoms with Gasteiger partial charge in [0.15, 0.2) is 0 Å².